The number of carbonyl (C=O) groups is 2. The number of nitrogens with zero attached hydrogens (tertiary/aromatic N) is 2. The molecule has 0 saturated carbocycles. The number of primary amides is 1. The Kier molecular flexibility index (Phi) is 1.41. The summed E-state index contributed by atoms with van der Waals surface area (Å²) in [6.45, 7) is 0. The third-order valence-electron chi connectivity index (χ3n) is 1.28. The summed E-state index contributed by atoms with van der Waals surface area (Å²) >= 11 is 0. The first-order valence-electron chi connectivity index (χ1n) is 2.72. The Morgan fingerprint density at radius 2 is 2.50 bits per heavy atom. The van der Waals surface area contributed by atoms with E-state index in [-0.39, 0.29) is 0 Å². The highest BCUT2D eigenvalue weighted by molar-refractivity contribution is 6.10. The van der Waals surface area contributed by atoms with Crippen molar-refractivity contribution < 1.29 is 9.59 Å². The maximum atomic E-state index is 10.7. The lowest BCUT2D eigenvalue weighted by Crippen LogP contribution is -2.42. The van der Waals surface area contributed by atoms with Crippen molar-refractivity contribution in [2.24, 2.45) is 10.7 Å². The van der Waals surface area contributed by atoms with Crippen molar-refractivity contribution >= 4 is 18.2 Å². The van der Waals surface area contributed by atoms with E-state index < -0.39 is 17.9 Å². The standard InChI is InChI=1S/C5H7N3O2/c1-8-2-7-5(10)3(8)4(6)9/h2-3H,1H3,(H2,6,9). The van der Waals surface area contributed by atoms with Crippen molar-refractivity contribution in [3.05, 3.63) is 0 Å². The highest BCUT2D eigenvalue weighted by atomic mass is 16.2. The molecule has 10 heavy (non-hydrogen) atoms. The normalized spacial score (nSPS) is 23.9. The van der Waals surface area contributed by atoms with Crippen LogP contribution in [0.3, 0.4) is 0 Å². The third kappa shape index (κ3) is 0.854. The summed E-state index contributed by atoms with van der Waals surface area (Å²) in [5, 5.41) is 0. The van der Waals surface area contributed by atoms with Crippen LogP contribution in [-0.2, 0) is 9.59 Å². The van der Waals surface area contributed by atoms with Gasteiger partial charge in [0.05, 0.1) is 6.34 Å². The summed E-state index contributed by atoms with van der Waals surface area (Å²) in [5.41, 5.74) is 4.90. The van der Waals surface area contributed by atoms with E-state index in [1.807, 2.05) is 0 Å². The smallest absolute Gasteiger partial charge is 0.279 e. The van der Waals surface area contributed by atoms with E-state index in [1.54, 1.807) is 7.05 Å². The number of likely N-dealkylation sites (N-methyl/N-ethyl adjacent to an activating group) is 1. The highest BCUT2D eigenvalue weighted by Gasteiger charge is 2.31. The van der Waals surface area contributed by atoms with Gasteiger partial charge in [-0.3, -0.25) is 9.59 Å². The van der Waals surface area contributed by atoms with Gasteiger partial charge in [-0.05, 0) is 0 Å². The molecule has 1 atom stereocenters. The van der Waals surface area contributed by atoms with Gasteiger partial charge in [0.25, 0.3) is 5.91 Å². The molecule has 0 spiro atoms. The van der Waals surface area contributed by atoms with Crippen molar-refractivity contribution in [2.45, 2.75) is 6.04 Å². The summed E-state index contributed by atoms with van der Waals surface area (Å²) in [6, 6.07) is -0.889. The Morgan fingerprint density at radius 1 is 1.90 bits per heavy atom. The zero-order valence-corrected chi connectivity index (χ0v) is 5.44. The minimum absolute atomic E-state index is 0.491. The Labute approximate surface area is 57.5 Å². The number of hydrogen-bond donors (Lipinski definition) is 1. The van der Waals surface area contributed by atoms with E-state index in [1.165, 1.54) is 11.2 Å². The number of amides is 2. The molecule has 54 valence electrons. The monoisotopic (exact) mass is 141 g/mol. The van der Waals surface area contributed by atoms with Crippen LogP contribution in [0.4, 0.5) is 0 Å². The first-order valence-corrected chi connectivity index (χ1v) is 2.72. The molecular formula is C5H7N3O2. The first-order chi connectivity index (χ1) is 4.63. The number of hydrogen-bond acceptors (Lipinski definition) is 3. The van der Waals surface area contributed by atoms with Gasteiger partial charge in [-0.25, -0.2) is 4.99 Å². The molecule has 1 rings (SSSR count). The van der Waals surface area contributed by atoms with Crippen LogP contribution in [0, 0.1) is 0 Å². The molecule has 1 aliphatic rings. The van der Waals surface area contributed by atoms with Gasteiger partial charge in [0.1, 0.15) is 0 Å². The minimum atomic E-state index is -0.889. The molecule has 1 unspecified atom stereocenters. The molecule has 1 heterocycles. The molecule has 0 aliphatic carbocycles. The first kappa shape index (κ1) is 6.73. The largest absolute Gasteiger partial charge is 0.367 e. The quantitative estimate of drug-likeness (QED) is 0.444. The molecule has 2 amide bonds. The van der Waals surface area contributed by atoms with Crippen LogP contribution in [0.15, 0.2) is 4.99 Å². The Balaban J connectivity index is 2.79. The maximum Gasteiger partial charge on any atom is 0.279 e. The molecule has 0 saturated heterocycles. The molecule has 2 N–H and O–H groups in total. The van der Waals surface area contributed by atoms with Gasteiger partial charge >= 0.3 is 0 Å². The van der Waals surface area contributed by atoms with E-state index in [9.17, 15) is 9.59 Å². The van der Waals surface area contributed by atoms with Crippen LogP contribution in [0.2, 0.25) is 0 Å². The predicted molar refractivity (Wildman–Crippen MR) is 34.2 cm³/mol. The fourth-order valence-electron chi connectivity index (χ4n) is 0.782. The zero-order valence-electron chi connectivity index (χ0n) is 5.44. The number of aliphatic imine (C=N–C) groups is 1. The van der Waals surface area contributed by atoms with Crippen molar-refractivity contribution in [1.29, 1.82) is 0 Å². The molecule has 1 aliphatic heterocycles. The molecule has 0 bridgehead atoms. The summed E-state index contributed by atoms with van der Waals surface area (Å²) < 4.78 is 0. The second kappa shape index (κ2) is 2.09. The predicted octanol–water partition coefficient (Wildman–Crippen LogP) is -1.66. The van der Waals surface area contributed by atoms with Crippen LogP contribution in [-0.4, -0.2) is 36.1 Å². The van der Waals surface area contributed by atoms with Crippen molar-refractivity contribution in [2.75, 3.05) is 7.05 Å². The molecule has 0 aromatic heterocycles. The number of nitrogens with two attached hydrogens (primary N) is 1. The SMILES string of the molecule is CN1C=NC(=O)C1C(N)=O. The Hall–Kier alpha value is -1.39. The summed E-state index contributed by atoms with van der Waals surface area (Å²) in [4.78, 5) is 25.9. The van der Waals surface area contributed by atoms with E-state index in [4.69, 9.17) is 5.73 Å². The fourth-order valence-corrected chi connectivity index (χ4v) is 0.782. The molecular weight excluding hydrogens is 134 g/mol. The molecule has 0 aromatic rings. The van der Waals surface area contributed by atoms with Crippen LogP contribution in [0.1, 0.15) is 0 Å². The third-order valence-corrected chi connectivity index (χ3v) is 1.28. The van der Waals surface area contributed by atoms with Crippen molar-refractivity contribution in [1.82, 2.24) is 4.90 Å². The average molecular weight is 141 g/mol. The average Bonchev–Trinajstić information content (AvgIpc) is 2.11. The second-order valence-electron chi connectivity index (χ2n) is 2.05. The van der Waals surface area contributed by atoms with E-state index in [2.05, 4.69) is 4.99 Å². The lowest BCUT2D eigenvalue weighted by atomic mass is 10.3. The van der Waals surface area contributed by atoms with Gasteiger partial charge in [-0.1, -0.05) is 0 Å². The van der Waals surface area contributed by atoms with Gasteiger partial charge in [-0.2, -0.15) is 0 Å². The molecule has 0 radical (unpaired) electrons. The Bertz CT molecular complexity index is 211. The molecule has 5 heteroatoms. The van der Waals surface area contributed by atoms with Gasteiger partial charge in [0, 0.05) is 7.05 Å². The van der Waals surface area contributed by atoms with Gasteiger partial charge < -0.3 is 10.6 Å². The summed E-state index contributed by atoms with van der Waals surface area (Å²) in [6.07, 6.45) is 1.29. The second-order valence-corrected chi connectivity index (χ2v) is 2.05. The maximum absolute atomic E-state index is 10.7. The minimum Gasteiger partial charge on any atom is -0.367 e. The van der Waals surface area contributed by atoms with Gasteiger partial charge in [0.2, 0.25) is 5.91 Å². The highest BCUT2D eigenvalue weighted by Crippen LogP contribution is 2.02. The summed E-state index contributed by atoms with van der Waals surface area (Å²) in [7, 11) is 1.57. The van der Waals surface area contributed by atoms with Gasteiger partial charge in [-0.15, -0.1) is 0 Å². The number of rotatable bonds is 1. The van der Waals surface area contributed by atoms with E-state index in [0.29, 0.717) is 0 Å². The van der Waals surface area contributed by atoms with E-state index in [0.717, 1.165) is 0 Å². The van der Waals surface area contributed by atoms with E-state index >= 15 is 0 Å². The lowest BCUT2D eigenvalue weighted by molar-refractivity contribution is -0.129. The van der Waals surface area contributed by atoms with Crippen LogP contribution in [0.5, 0.6) is 0 Å². The summed E-state index contributed by atoms with van der Waals surface area (Å²) in [5.74, 6) is -1.15. The van der Waals surface area contributed by atoms with Crippen LogP contribution >= 0.6 is 0 Å². The number of carbonyl (C=O) groups excluding carboxylic acids is 2. The van der Waals surface area contributed by atoms with Crippen molar-refractivity contribution in [3.8, 4) is 0 Å². The fraction of sp³-hybridized carbons (Fsp3) is 0.400. The zero-order chi connectivity index (χ0) is 7.72. The Morgan fingerprint density at radius 3 is 2.70 bits per heavy atom. The van der Waals surface area contributed by atoms with Crippen molar-refractivity contribution in [3.63, 3.8) is 0 Å². The van der Waals surface area contributed by atoms with Gasteiger partial charge in [0.15, 0.2) is 6.04 Å². The lowest BCUT2D eigenvalue weighted by Gasteiger charge is -2.12. The van der Waals surface area contributed by atoms with Crippen LogP contribution < -0.4 is 5.73 Å². The topological polar surface area (TPSA) is 75.8 Å². The molecule has 0 aromatic carbocycles. The van der Waals surface area contributed by atoms with Crippen LogP contribution in [0.25, 0.3) is 0 Å². The molecule has 0 fully saturated rings. The molecule has 5 nitrogen and oxygen atoms in total.